The topological polar surface area (TPSA) is 56.0 Å². The maximum atomic E-state index is 12.9. The molecule has 0 aliphatic rings. The molecule has 0 saturated heterocycles. The van der Waals surface area contributed by atoms with Gasteiger partial charge < -0.3 is 4.90 Å². The van der Waals surface area contributed by atoms with Crippen molar-refractivity contribution in [3.63, 3.8) is 0 Å². The molecule has 1 amide bonds. The second kappa shape index (κ2) is 8.08. The molecule has 142 valence electrons. The third-order valence-corrected chi connectivity index (χ3v) is 5.10. The fourth-order valence-electron chi connectivity index (χ4n) is 3.21. The number of halogens is 1. The number of rotatable bonds is 6. The molecule has 0 N–H and O–H groups in total. The molecular formula is C20H24BrN5O. The third kappa shape index (κ3) is 4.30. The number of hydrogen-bond acceptors (Lipinski definition) is 3. The van der Waals surface area contributed by atoms with Crippen LogP contribution in [0.1, 0.15) is 39.8 Å². The average molecular weight is 430 g/mol. The summed E-state index contributed by atoms with van der Waals surface area (Å²) in [6.45, 7) is 8.12. The third-order valence-electron chi connectivity index (χ3n) is 4.69. The van der Waals surface area contributed by atoms with Crippen molar-refractivity contribution < 1.29 is 4.79 Å². The Morgan fingerprint density at radius 1 is 1.30 bits per heavy atom. The highest BCUT2D eigenvalue weighted by molar-refractivity contribution is 9.10. The summed E-state index contributed by atoms with van der Waals surface area (Å²) >= 11 is 3.40. The molecular weight excluding hydrogens is 406 g/mol. The van der Waals surface area contributed by atoms with Crippen LogP contribution in [0.25, 0.3) is 0 Å². The van der Waals surface area contributed by atoms with E-state index in [1.54, 1.807) is 11.1 Å². The van der Waals surface area contributed by atoms with Crippen molar-refractivity contribution in [1.82, 2.24) is 24.5 Å². The summed E-state index contributed by atoms with van der Waals surface area (Å²) in [5.41, 5.74) is 4.93. The van der Waals surface area contributed by atoms with Gasteiger partial charge >= 0.3 is 0 Å². The van der Waals surface area contributed by atoms with E-state index in [4.69, 9.17) is 0 Å². The number of carbonyl (C=O) groups excluding carboxylic acids is 1. The predicted molar refractivity (Wildman–Crippen MR) is 109 cm³/mol. The number of amides is 1. The average Bonchev–Trinajstić information content (AvgIpc) is 3.18. The number of benzene rings is 1. The van der Waals surface area contributed by atoms with Crippen LogP contribution in [0, 0.1) is 13.8 Å². The van der Waals surface area contributed by atoms with E-state index in [0.29, 0.717) is 18.7 Å². The standard InChI is InChI=1S/C20H24BrN5O/c1-5-26-15(3)19(14(2)23-26)13-24(4)20(27)17-8-6-7-16(9-17)11-25-12-18(21)10-22-25/h6-10,12H,5,11,13H2,1-4H3. The van der Waals surface area contributed by atoms with Crippen molar-refractivity contribution in [3.8, 4) is 0 Å². The molecule has 0 aliphatic carbocycles. The molecule has 0 spiro atoms. The molecule has 6 nitrogen and oxygen atoms in total. The molecule has 3 aromatic rings. The molecule has 0 unspecified atom stereocenters. The van der Waals surface area contributed by atoms with Crippen LogP contribution < -0.4 is 0 Å². The van der Waals surface area contributed by atoms with Crippen LogP contribution in [0.3, 0.4) is 0 Å². The van der Waals surface area contributed by atoms with Gasteiger partial charge in [-0.25, -0.2) is 0 Å². The minimum absolute atomic E-state index is 0.00143. The summed E-state index contributed by atoms with van der Waals surface area (Å²) in [6.07, 6.45) is 3.67. The van der Waals surface area contributed by atoms with Gasteiger partial charge in [-0.3, -0.25) is 14.2 Å². The number of aromatic nitrogens is 4. The highest BCUT2D eigenvalue weighted by Crippen LogP contribution is 2.17. The lowest BCUT2D eigenvalue weighted by Crippen LogP contribution is -2.26. The van der Waals surface area contributed by atoms with Crippen molar-refractivity contribution in [2.45, 2.75) is 40.4 Å². The predicted octanol–water partition coefficient (Wildman–Crippen LogP) is 3.80. The molecule has 0 fully saturated rings. The second-order valence-corrected chi connectivity index (χ2v) is 7.60. The number of nitrogens with zero attached hydrogens (tertiary/aromatic N) is 5. The molecule has 7 heteroatoms. The van der Waals surface area contributed by atoms with E-state index in [-0.39, 0.29) is 5.91 Å². The van der Waals surface area contributed by atoms with Gasteiger partial charge in [-0.2, -0.15) is 10.2 Å². The van der Waals surface area contributed by atoms with Crippen LogP contribution in [-0.2, 0) is 19.6 Å². The lowest BCUT2D eigenvalue weighted by molar-refractivity contribution is 0.0784. The molecule has 0 radical (unpaired) electrons. The Labute approximate surface area is 167 Å². The van der Waals surface area contributed by atoms with Crippen LogP contribution >= 0.6 is 15.9 Å². The Bertz CT molecular complexity index is 959. The Morgan fingerprint density at radius 2 is 2.07 bits per heavy atom. The van der Waals surface area contributed by atoms with E-state index >= 15 is 0 Å². The molecule has 0 saturated carbocycles. The van der Waals surface area contributed by atoms with Crippen molar-refractivity contribution >= 4 is 21.8 Å². The van der Waals surface area contributed by atoms with Gasteiger partial charge in [0.05, 0.1) is 22.9 Å². The molecule has 1 aromatic carbocycles. The number of aryl methyl sites for hydroxylation is 2. The number of carbonyl (C=O) groups is 1. The second-order valence-electron chi connectivity index (χ2n) is 6.68. The van der Waals surface area contributed by atoms with Gasteiger partial charge in [0.2, 0.25) is 0 Å². The van der Waals surface area contributed by atoms with Crippen molar-refractivity contribution in [2.75, 3.05) is 7.05 Å². The lowest BCUT2D eigenvalue weighted by Gasteiger charge is -2.18. The van der Waals surface area contributed by atoms with Gasteiger partial charge in [-0.1, -0.05) is 12.1 Å². The molecule has 3 rings (SSSR count). The zero-order valence-corrected chi connectivity index (χ0v) is 17.7. The van der Waals surface area contributed by atoms with Gasteiger partial charge in [0.25, 0.3) is 5.91 Å². The molecule has 2 aromatic heterocycles. The zero-order chi connectivity index (χ0) is 19.6. The minimum Gasteiger partial charge on any atom is -0.337 e. The van der Waals surface area contributed by atoms with E-state index in [9.17, 15) is 4.79 Å². The molecule has 27 heavy (non-hydrogen) atoms. The summed E-state index contributed by atoms with van der Waals surface area (Å²) < 4.78 is 4.75. The normalized spacial score (nSPS) is 11.0. The zero-order valence-electron chi connectivity index (χ0n) is 16.1. The lowest BCUT2D eigenvalue weighted by atomic mass is 10.1. The Balaban J connectivity index is 1.75. The van der Waals surface area contributed by atoms with Crippen LogP contribution in [0.15, 0.2) is 41.1 Å². The summed E-state index contributed by atoms with van der Waals surface area (Å²) in [4.78, 5) is 14.7. The van der Waals surface area contributed by atoms with Gasteiger partial charge in [0.15, 0.2) is 0 Å². The summed E-state index contributed by atoms with van der Waals surface area (Å²) in [5, 5.41) is 8.81. The van der Waals surface area contributed by atoms with Gasteiger partial charge in [0.1, 0.15) is 0 Å². The highest BCUT2D eigenvalue weighted by Gasteiger charge is 2.17. The largest absolute Gasteiger partial charge is 0.337 e. The molecule has 0 atom stereocenters. The highest BCUT2D eigenvalue weighted by atomic mass is 79.9. The first-order valence-electron chi connectivity index (χ1n) is 8.94. The SMILES string of the molecule is CCn1nc(C)c(CN(C)C(=O)c2cccc(Cn3cc(Br)cn3)c2)c1C. The first kappa shape index (κ1) is 19.4. The Hall–Kier alpha value is -2.41. The fraction of sp³-hybridized carbons (Fsp3) is 0.350. The van der Waals surface area contributed by atoms with E-state index in [2.05, 4.69) is 40.0 Å². The van der Waals surface area contributed by atoms with Crippen molar-refractivity contribution in [3.05, 3.63) is 69.2 Å². The first-order valence-corrected chi connectivity index (χ1v) is 9.73. The molecule has 0 aliphatic heterocycles. The van der Waals surface area contributed by atoms with Crippen molar-refractivity contribution in [2.24, 2.45) is 0 Å². The quantitative estimate of drug-likeness (QED) is 0.598. The summed E-state index contributed by atoms with van der Waals surface area (Å²) in [7, 11) is 1.84. The van der Waals surface area contributed by atoms with Crippen LogP contribution in [0.4, 0.5) is 0 Å². The van der Waals surface area contributed by atoms with Crippen LogP contribution in [0.2, 0.25) is 0 Å². The van der Waals surface area contributed by atoms with E-state index in [1.165, 1.54) is 0 Å². The monoisotopic (exact) mass is 429 g/mol. The Kier molecular flexibility index (Phi) is 5.79. The van der Waals surface area contributed by atoms with E-state index < -0.39 is 0 Å². The maximum absolute atomic E-state index is 12.9. The van der Waals surface area contributed by atoms with Crippen molar-refractivity contribution in [1.29, 1.82) is 0 Å². The minimum atomic E-state index is 0.00143. The molecule has 2 heterocycles. The number of hydrogen-bond donors (Lipinski definition) is 0. The van der Waals surface area contributed by atoms with Crippen LogP contribution in [-0.4, -0.2) is 37.4 Å². The summed E-state index contributed by atoms with van der Waals surface area (Å²) in [6, 6.07) is 7.71. The van der Waals surface area contributed by atoms with Gasteiger partial charge in [0, 0.05) is 43.2 Å². The summed E-state index contributed by atoms with van der Waals surface area (Å²) in [5.74, 6) is 0.00143. The van der Waals surface area contributed by atoms with Crippen LogP contribution in [0.5, 0.6) is 0 Å². The fourth-order valence-corrected chi connectivity index (χ4v) is 3.54. The van der Waals surface area contributed by atoms with E-state index in [0.717, 1.165) is 33.5 Å². The first-order chi connectivity index (χ1) is 12.9. The van der Waals surface area contributed by atoms with Gasteiger partial charge in [-0.05, 0) is 54.4 Å². The smallest absolute Gasteiger partial charge is 0.253 e. The molecule has 0 bridgehead atoms. The Morgan fingerprint density at radius 3 is 2.70 bits per heavy atom. The van der Waals surface area contributed by atoms with Gasteiger partial charge in [-0.15, -0.1) is 0 Å². The van der Waals surface area contributed by atoms with E-state index in [1.807, 2.05) is 53.8 Å². The maximum Gasteiger partial charge on any atom is 0.253 e.